The molecule has 1 aromatic rings. The highest BCUT2D eigenvalue weighted by molar-refractivity contribution is 5.99. The number of hydrogen-bond acceptors (Lipinski definition) is 4. The fourth-order valence-corrected chi connectivity index (χ4v) is 4.87. The van der Waals surface area contributed by atoms with Gasteiger partial charge in [-0.2, -0.15) is 0 Å². The third-order valence-corrected chi connectivity index (χ3v) is 6.87. The smallest absolute Gasteiger partial charge is 0.254 e. The summed E-state index contributed by atoms with van der Waals surface area (Å²) < 4.78 is 0. The second-order valence-electron chi connectivity index (χ2n) is 8.64. The van der Waals surface area contributed by atoms with Gasteiger partial charge in [0, 0.05) is 58.3 Å². The molecule has 7 heteroatoms. The summed E-state index contributed by atoms with van der Waals surface area (Å²) in [7, 11) is 2.07. The molecule has 0 radical (unpaired) electrons. The molecule has 4 rings (SSSR count). The Bertz CT molecular complexity index is 808. The number of nitrogens with zero attached hydrogens (tertiary/aromatic N) is 4. The minimum absolute atomic E-state index is 0.0167. The predicted molar refractivity (Wildman–Crippen MR) is 109 cm³/mol. The Morgan fingerprint density at radius 1 is 0.966 bits per heavy atom. The predicted octanol–water partition coefficient (Wildman–Crippen LogP) is 1.19. The molecule has 0 unspecified atom stereocenters. The zero-order valence-electron chi connectivity index (χ0n) is 17.4. The van der Waals surface area contributed by atoms with E-state index in [9.17, 15) is 14.4 Å². The molecule has 3 amide bonds. The van der Waals surface area contributed by atoms with Gasteiger partial charge >= 0.3 is 0 Å². The van der Waals surface area contributed by atoms with Gasteiger partial charge in [0.2, 0.25) is 11.8 Å². The minimum atomic E-state index is -0.525. The van der Waals surface area contributed by atoms with Crippen LogP contribution in [-0.4, -0.2) is 89.2 Å². The third kappa shape index (κ3) is 3.75. The van der Waals surface area contributed by atoms with Gasteiger partial charge in [-0.1, -0.05) is 18.2 Å². The number of amides is 3. The molecule has 3 aliphatic heterocycles. The molecule has 0 saturated carbocycles. The van der Waals surface area contributed by atoms with E-state index in [2.05, 4.69) is 11.9 Å². The molecular formula is C22H30N4O3. The maximum atomic E-state index is 13.2. The molecule has 0 aliphatic carbocycles. The summed E-state index contributed by atoms with van der Waals surface area (Å²) in [6, 6.07) is 7.71. The number of piperidine rings is 1. The van der Waals surface area contributed by atoms with Crippen LogP contribution in [0.1, 0.15) is 42.1 Å². The van der Waals surface area contributed by atoms with Gasteiger partial charge < -0.3 is 19.6 Å². The summed E-state index contributed by atoms with van der Waals surface area (Å²) in [6.45, 7) is 6.54. The van der Waals surface area contributed by atoms with Crippen molar-refractivity contribution in [3.63, 3.8) is 0 Å². The van der Waals surface area contributed by atoms with Gasteiger partial charge in [0.15, 0.2) is 0 Å². The van der Waals surface area contributed by atoms with E-state index in [1.807, 2.05) is 39.0 Å². The lowest BCUT2D eigenvalue weighted by Gasteiger charge is -2.48. The molecule has 1 aromatic carbocycles. The van der Waals surface area contributed by atoms with Crippen molar-refractivity contribution in [1.29, 1.82) is 0 Å². The van der Waals surface area contributed by atoms with Gasteiger partial charge in [-0.25, -0.2) is 0 Å². The van der Waals surface area contributed by atoms with Crippen molar-refractivity contribution in [3.05, 3.63) is 35.4 Å². The van der Waals surface area contributed by atoms with Crippen molar-refractivity contribution in [2.75, 3.05) is 46.3 Å². The van der Waals surface area contributed by atoms with Gasteiger partial charge in [-0.3, -0.25) is 14.4 Å². The molecule has 3 heterocycles. The third-order valence-electron chi connectivity index (χ3n) is 6.87. The topological polar surface area (TPSA) is 64.2 Å². The van der Waals surface area contributed by atoms with Crippen molar-refractivity contribution < 1.29 is 14.4 Å². The van der Waals surface area contributed by atoms with E-state index in [1.165, 1.54) is 0 Å². The number of likely N-dealkylation sites (N-methyl/N-ethyl adjacent to an activating group) is 1. The van der Waals surface area contributed by atoms with Crippen LogP contribution in [0.2, 0.25) is 0 Å². The van der Waals surface area contributed by atoms with Crippen LogP contribution in [0.4, 0.5) is 0 Å². The van der Waals surface area contributed by atoms with Crippen LogP contribution < -0.4 is 0 Å². The van der Waals surface area contributed by atoms with Crippen LogP contribution in [-0.2, 0) is 16.1 Å². The Labute approximate surface area is 172 Å². The fraction of sp³-hybridized carbons (Fsp3) is 0.591. The van der Waals surface area contributed by atoms with Crippen molar-refractivity contribution in [2.24, 2.45) is 0 Å². The molecule has 2 saturated heterocycles. The maximum absolute atomic E-state index is 13.2. The number of carbonyl (C=O) groups excluding carboxylic acids is 3. The van der Waals surface area contributed by atoms with Gasteiger partial charge in [-0.05, 0) is 31.5 Å². The first kappa shape index (κ1) is 19.9. The molecule has 7 nitrogen and oxygen atoms in total. The quantitative estimate of drug-likeness (QED) is 0.767. The Hall–Kier alpha value is -2.41. The molecule has 0 atom stereocenters. The molecule has 2 fully saturated rings. The molecule has 29 heavy (non-hydrogen) atoms. The first-order valence-corrected chi connectivity index (χ1v) is 10.5. The van der Waals surface area contributed by atoms with E-state index in [4.69, 9.17) is 0 Å². The number of piperazine rings is 1. The first-order valence-electron chi connectivity index (χ1n) is 10.5. The number of fused-ring (bicyclic) bond motifs is 1. The summed E-state index contributed by atoms with van der Waals surface area (Å²) in [5.41, 5.74) is 1.24. The van der Waals surface area contributed by atoms with Crippen LogP contribution in [0.3, 0.4) is 0 Å². The van der Waals surface area contributed by atoms with E-state index < -0.39 is 5.54 Å². The average Bonchev–Trinajstić information content (AvgIpc) is 3.06. The van der Waals surface area contributed by atoms with Crippen molar-refractivity contribution in [3.8, 4) is 0 Å². The second kappa shape index (κ2) is 7.78. The lowest BCUT2D eigenvalue weighted by molar-refractivity contribution is -0.137. The largest absolute Gasteiger partial charge is 0.343 e. The van der Waals surface area contributed by atoms with Gasteiger partial charge in [0.1, 0.15) is 0 Å². The molecule has 156 valence electrons. The Balaban J connectivity index is 1.57. The summed E-state index contributed by atoms with van der Waals surface area (Å²) in [6.07, 6.45) is 1.62. The second-order valence-corrected chi connectivity index (χ2v) is 8.64. The Morgan fingerprint density at radius 2 is 1.62 bits per heavy atom. The van der Waals surface area contributed by atoms with Crippen molar-refractivity contribution >= 4 is 17.7 Å². The Morgan fingerprint density at radius 3 is 2.24 bits per heavy atom. The first-order chi connectivity index (χ1) is 13.9. The maximum Gasteiger partial charge on any atom is 0.254 e. The van der Waals surface area contributed by atoms with Gasteiger partial charge in [0.05, 0.1) is 12.0 Å². The van der Waals surface area contributed by atoms with E-state index >= 15 is 0 Å². The lowest BCUT2D eigenvalue weighted by atomic mass is 9.82. The lowest BCUT2D eigenvalue weighted by Crippen LogP contribution is -2.59. The SMILES string of the molecule is CC(=O)N1CCC(CC(=O)N2CCN(C)CC2)(N2Cc3ccccc3C2=O)CC1. The molecular weight excluding hydrogens is 368 g/mol. The summed E-state index contributed by atoms with van der Waals surface area (Å²) in [4.78, 5) is 46.2. The summed E-state index contributed by atoms with van der Waals surface area (Å²) in [5.74, 6) is 0.196. The van der Waals surface area contributed by atoms with Crippen LogP contribution >= 0.6 is 0 Å². The van der Waals surface area contributed by atoms with Crippen molar-refractivity contribution in [2.45, 2.75) is 38.3 Å². The van der Waals surface area contributed by atoms with Crippen LogP contribution in [0, 0.1) is 0 Å². The van der Waals surface area contributed by atoms with Crippen LogP contribution in [0.25, 0.3) is 0 Å². The number of benzene rings is 1. The normalized spacial score (nSPS) is 22.0. The van der Waals surface area contributed by atoms with Crippen molar-refractivity contribution in [1.82, 2.24) is 19.6 Å². The highest BCUT2D eigenvalue weighted by Crippen LogP contribution is 2.39. The van der Waals surface area contributed by atoms with E-state index in [1.54, 1.807) is 6.92 Å². The van der Waals surface area contributed by atoms with Crippen LogP contribution in [0.15, 0.2) is 24.3 Å². The molecule has 0 bridgehead atoms. The average molecular weight is 399 g/mol. The van der Waals surface area contributed by atoms with E-state index in [0.29, 0.717) is 38.9 Å². The zero-order valence-corrected chi connectivity index (χ0v) is 17.4. The molecule has 0 N–H and O–H groups in total. The van der Waals surface area contributed by atoms with Crippen LogP contribution in [0.5, 0.6) is 0 Å². The number of hydrogen-bond donors (Lipinski definition) is 0. The summed E-state index contributed by atoms with van der Waals surface area (Å²) in [5, 5.41) is 0. The zero-order chi connectivity index (χ0) is 20.6. The monoisotopic (exact) mass is 398 g/mol. The number of carbonyl (C=O) groups is 3. The fourth-order valence-electron chi connectivity index (χ4n) is 4.87. The van der Waals surface area contributed by atoms with E-state index in [-0.39, 0.29) is 17.7 Å². The molecule has 0 aromatic heterocycles. The van der Waals surface area contributed by atoms with E-state index in [0.717, 1.165) is 37.3 Å². The van der Waals surface area contributed by atoms with Gasteiger partial charge in [0.25, 0.3) is 5.91 Å². The Kier molecular flexibility index (Phi) is 5.34. The standard InChI is InChI=1S/C22H30N4O3/c1-17(27)24-9-7-22(8-10-24,15-20(28)25-13-11-23(2)12-14-25)26-16-18-5-3-4-6-19(18)21(26)29/h3-6H,7-16H2,1-2H3. The van der Waals surface area contributed by atoms with Gasteiger partial charge in [-0.15, -0.1) is 0 Å². The highest BCUT2D eigenvalue weighted by Gasteiger charge is 2.47. The molecule has 0 spiro atoms. The summed E-state index contributed by atoms with van der Waals surface area (Å²) >= 11 is 0. The number of likely N-dealkylation sites (tertiary alicyclic amines) is 1. The number of rotatable bonds is 3. The molecule has 3 aliphatic rings. The highest BCUT2D eigenvalue weighted by atomic mass is 16.2. The minimum Gasteiger partial charge on any atom is -0.343 e.